The van der Waals surface area contributed by atoms with E-state index >= 15 is 0 Å². The van der Waals surface area contributed by atoms with Crippen LogP contribution >= 0.6 is 34.5 Å². The number of nitrogens with one attached hydrogen (secondary N) is 1. The van der Waals surface area contributed by atoms with Crippen LogP contribution in [0.2, 0.25) is 10.0 Å². The van der Waals surface area contributed by atoms with Crippen LogP contribution in [-0.2, 0) is 0 Å². The molecule has 0 aliphatic rings. The molecule has 1 atom stereocenters. The average molecular weight is 420 g/mol. The van der Waals surface area contributed by atoms with Gasteiger partial charge in [-0.3, -0.25) is 0 Å². The highest BCUT2D eigenvalue weighted by molar-refractivity contribution is 7.10. The topological polar surface area (TPSA) is 75.3 Å². The van der Waals surface area contributed by atoms with Crippen LogP contribution < -0.4 is 5.32 Å². The van der Waals surface area contributed by atoms with Gasteiger partial charge in [0.05, 0.1) is 6.04 Å². The third kappa shape index (κ3) is 3.91. The van der Waals surface area contributed by atoms with E-state index in [1.165, 1.54) is 0 Å². The Morgan fingerprint density at radius 3 is 2.63 bits per heavy atom. The number of nitrogens with zero attached hydrogens (tertiary/aromatic N) is 4. The Labute approximate surface area is 169 Å². The maximum absolute atomic E-state index is 9.39. The highest BCUT2D eigenvalue weighted by atomic mass is 35.5. The van der Waals surface area contributed by atoms with Gasteiger partial charge in [-0.05, 0) is 48.2 Å². The predicted octanol–water partition coefficient (Wildman–Crippen LogP) is 4.70. The summed E-state index contributed by atoms with van der Waals surface area (Å²) >= 11 is 13.9. The van der Waals surface area contributed by atoms with Crippen molar-refractivity contribution in [3.63, 3.8) is 0 Å². The van der Waals surface area contributed by atoms with Crippen molar-refractivity contribution in [1.29, 1.82) is 0 Å². The van der Waals surface area contributed by atoms with Crippen molar-refractivity contribution in [2.24, 2.45) is 0 Å². The molecule has 9 heteroatoms. The number of benzene rings is 1. The molecule has 2 N–H and O–H groups in total. The first-order valence-corrected chi connectivity index (χ1v) is 9.87. The summed E-state index contributed by atoms with van der Waals surface area (Å²) in [5.41, 5.74) is 1.34. The van der Waals surface area contributed by atoms with Gasteiger partial charge in [-0.2, -0.15) is 4.52 Å². The lowest BCUT2D eigenvalue weighted by Crippen LogP contribution is -2.13. The summed E-state index contributed by atoms with van der Waals surface area (Å²) in [6.45, 7) is 0.0801. The van der Waals surface area contributed by atoms with E-state index in [0.717, 1.165) is 10.4 Å². The summed E-state index contributed by atoms with van der Waals surface area (Å²) in [5.74, 6) is 1.21. The number of aliphatic hydroxyl groups excluding tert-OH is 1. The van der Waals surface area contributed by atoms with Crippen molar-refractivity contribution in [2.45, 2.75) is 12.5 Å². The fraction of sp³-hybridized carbons (Fsp3) is 0.167. The van der Waals surface area contributed by atoms with Crippen molar-refractivity contribution in [2.75, 3.05) is 11.9 Å². The molecular formula is C18H15Cl2N5OS. The van der Waals surface area contributed by atoms with Gasteiger partial charge in [0.1, 0.15) is 5.82 Å². The van der Waals surface area contributed by atoms with Crippen LogP contribution in [0.25, 0.3) is 17.0 Å². The van der Waals surface area contributed by atoms with E-state index < -0.39 is 0 Å². The molecule has 0 fully saturated rings. The fourth-order valence-electron chi connectivity index (χ4n) is 2.81. The molecule has 3 aromatic heterocycles. The van der Waals surface area contributed by atoms with Crippen LogP contribution in [0.4, 0.5) is 5.82 Å². The number of aromatic nitrogens is 4. The van der Waals surface area contributed by atoms with E-state index in [1.807, 2.05) is 29.6 Å². The molecule has 1 aromatic carbocycles. The summed E-state index contributed by atoms with van der Waals surface area (Å²) < 4.78 is 1.65. The largest absolute Gasteiger partial charge is 0.396 e. The third-order valence-corrected chi connectivity index (χ3v) is 5.43. The Morgan fingerprint density at radius 1 is 1.11 bits per heavy atom. The standard InChI is InChI=1S/C18H15Cl2N5OS/c19-12-8-11(9-13(20)10-12)18-23-22-17-4-3-16(24-25(17)18)21-14(5-6-26)15-2-1-7-27-15/h1-4,7-10,14,26H,5-6H2,(H,21,24). The molecule has 27 heavy (non-hydrogen) atoms. The molecule has 0 aliphatic heterocycles. The van der Waals surface area contributed by atoms with Gasteiger partial charge < -0.3 is 10.4 Å². The lowest BCUT2D eigenvalue weighted by molar-refractivity contribution is 0.280. The van der Waals surface area contributed by atoms with Crippen molar-refractivity contribution in [3.8, 4) is 11.4 Å². The molecule has 1 unspecified atom stereocenters. The lowest BCUT2D eigenvalue weighted by atomic mass is 10.2. The first kappa shape index (κ1) is 18.2. The fourth-order valence-corrected chi connectivity index (χ4v) is 4.15. The number of thiophene rings is 1. The molecule has 6 nitrogen and oxygen atoms in total. The van der Waals surface area contributed by atoms with Crippen molar-refractivity contribution in [3.05, 3.63) is 62.8 Å². The average Bonchev–Trinajstić information content (AvgIpc) is 3.30. The molecule has 0 saturated carbocycles. The van der Waals surface area contributed by atoms with Gasteiger partial charge in [-0.15, -0.1) is 26.6 Å². The van der Waals surface area contributed by atoms with Gasteiger partial charge in [0.15, 0.2) is 11.5 Å². The Kier molecular flexibility index (Phi) is 5.27. The number of aliphatic hydroxyl groups is 1. The van der Waals surface area contributed by atoms with Gasteiger partial charge in [0.2, 0.25) is 0 Å². The third-order valence-electron chi connectivity index (χ3n) is 4.01. The molecule has 0 saturated heterocycles. The number of hydrogen-bond acceptors (Lipinski definition) is 6. The normalized spacial score (nSPS) is 12.4. The van der Waals surface area contributed by atoms with E-state index in [9.17, 15) is 5.11 Å². The van der Waals surface area contributed by atoms with E-state index in [0.29, 0.717) is 33.8 Å². The summed E-state index contributed by atoms with van der Waals surface area (Å²) in [7, 11) is 0. The maximum Gasteiger partial charge on any atom is 0.185 e. The summed E-state index contributed by atoms with van der Waals surface area (Å²) in [6.07, 6.45) is 0.583. The van der Waals surface area contributed by atoms with Gasteiger partial charge in [0.25, 0.3) is 0 Å². The molecule has 0 radical (unpaired) electrons. The van der Waals surface area contributed by atoms with Crippen LogP contribution in [-0.4, -0.2) is 31.5 Å². The SMILES string of the molecule is OCCC(Nc1ccc2nnc(-c3cc(Cl)cc(Cl)c3)n2n1)c1cccs1. The zero-order valence-electron chi connectivity index (χ0n) is 14.0. The van der Waals surface area contributed by atoms with Crippen molar-refractivity contribution < 1.29 is 5.11 Å². The van der Waals surface area contributed by atoms with Crippen LogP contribution in [0.1, 0.15) is 17.3 Å². The van der Waals surface area contributed by atoms with Crippen LogP contribution in [0.5, 0.6) is 0 Å². The Bertz CT molecular complexity index is 1050. The van der Waals surface area contributed by atoms with Crippen LogP contribution in [0.3, 0.4) is 0 Å². The Hall–Kier alpha value is -2.19. The van der Waals surface area contributed by atoms with Crippen LogP contribution in [0.15, 0.2) is 47.8 Å². The first-order valence-electron chi connectivity index (χ1n) is 8.24. The summed E-state index contributed by atoms with van der Waals surface area (Å²) in [6, 6.07) is 12.9. The second-order valence-corrected chi connectivity index (χ2v) is 7.75. The predicted molar refractivity (Wildman–Crippen MR) is 109 cm³/mol. The minimum absolute atomic E-state index is 0.0273. The van der Waals surface area contributed by atoms with E-state index in [2.05, 4.69) is 20.6 Å². The molecule has 0 aliphatic carbocycles. The number of rotatable bonds is 6. The molecule has 4 aromatic rings. The molecular weight excluding hydrogens is 405 g/mol. The number of hydrogen-bond donors (Lipinski definition) is 2. The van der Waals surface area contributed by atoms with Crippen molar-refractivity contribution >= 4 is 46.0 Å². The smallest absolute Gasteiger partial charge is 0.185 e. The second-order valence-electron chi connectivity index (χ2n) is 5.89. The van der Waals surface area contributed by atoms with E-state index in [1.54, 1.807) is 34.1 Å². The second kappa shape index (κ2) is 7.82. The van der Waals surface area contributed by atoms with E-state index in [-0.39, 0.29) is 12.6 Å². The highest BCUT2D eigenvalue weighted by Crippen LogP contribution is 2.28. The Morgan fingerprint density at radius 2 is 1.93 bits per heavy atom. The van der Waals surface area contributed by atoms with Gasteiger partial charge in [0, 0.05) is 27.1 Å². The summed E-state index contributed by atoms with van der Waals surface area (Å²) in [5, 5.41) is 28.8. The minimum atomic E-state index is -0.0273. The highest BCUT2D eigenvalue weighted by Gasteiger charge is 2.15. The number of fused-ring (bicyclic) bond motifs is 1. The number of halogens is 2. The number of anilines is 1. The first-order chi connectivity index (χ1) is 13.1. The quantitative estimate of drug-likeness (QED) is 0.473. The Balaban J connectivity index is 1.71. The van der Waals surface area contributed by atoms with Gasteiger partial charge >= 0.3 is 0 Å². The van der Waals surface area contributed by atoms with Gasteiger partial charge in [-0.1, -0.05) is 29.3 Å². The van der Waals surface area contributed by atoms with Gasteiger partial charge in [-0.25, -0.2) is 0 Å². The zero-order valence-corrected chi connectivity index (χ0v) is 16.3. The molecule has 4 rings (SSSR count). The van der Waals surface area contributed by atoms with Crippen molar-refractivity contribution in [1.82, 2.24) is 19.8 Å². The minimum Gasteiger partial charge on any atom is -0.396 e. The van der Waals surface area contributed by atoms with Crippen LogP contribution in [0, 0.1) is 0 Å². The molecule has 0 amide bonds. The monoisotopic (exact) mass is 419 g/mol. The lowest BCUT2D eigenvalue weighted by Gasteiger charge is -2.17. The summed E-state index contributed by atoms with van der Waals surface area (Å²) in [4.78, 5) is 1.14. The van der Waals surface area contributed by atoms with E-state index in [4.69, 9.17) is 23.2 Å². The molecule has 0 spiro atoms. The molecule has 3 heterocycles. The molecule has 0 bridgehead atoms. The molecule has 138 valence electrons. The zero-order chi connectivity index (χ0) is 18.8. The maximum atomic E-state index is 9.39.